The third-order valence-electron chi connectivity index (χ3n) is 8.16. The minimum atomic E-state index is -3.77. The molecule has 2 aliphatic carbocycles. The highest BCUT2D eigenvalue weighted by Crippen LogP contribution is 2.49. The Morgan fingerprint density at radius 3 is 2.53 bits per heavy atom. The van der Waals surface area contributed by atoms with E-state index >= 15 is 0 Å². The molecular weight excluding hydrogens is 520 g/mol. The Labute approximate surface area is 227 Å². The zero-order valence-electron chi connectivity index (χ0n) is 21.7. The Morgan fingerprint density at radius 2 is 1.87 bits per heavy atom. The van der Waals surface area contributed by atoms with Gasteiger partial charge in [0.05, 0.1) is 21.0 Å². The Balaban J connectivity index is 1.33. The molecule has 1 aromatic heterocycles. The minimum Gasteiger partial charge on any atom is -0.352 e. The van der Waals surface area contributed by atoms with Crippen LogP contribution in [0.5, 0.6) is 0 Å². The van der Waals surface area contributed by atoms with Crippen LogP contribution in [0.2, 0.25) is 0 Å². The molecule has 0 radical (unpaired) electrons. The topological polar surface area (TPSA) is 124 Å². The maximum Gasteiger partial charge on any atom is 0.262 e. The summed E-state index contributed by atoms with van der Waals surface area (Å²) in [5.74, 6) is 2.05. The summed E-state index contributed by atoms with van der Waals surface area (Å²) in [6.45, 7) is 4.31. The number of nitrogens with one attached hydrogen (secondary N) is 1. The Kier molecular flexibility index (Phi) is 7.66. The van der Waals surface area contributed by atoms with Gasteiger partial charge in [-0.25, -0.2) is 18.5 Å². The van der Waals surface area contributed by atoms with Gasteiger partial charge >= 0.3 is 0 Å². The highest BCUT2D eigenvalue weighted by Gasteiger charge is 2.42. The van der Waals surface area contributed by atoms with Crippen LogP contribution in [0.15, 0.2) is 63.4 Å². The quantitative estimate of drug-likeness (QED) is 0.307. The smallest absolute Gasteiger partial charge is 0.262 e. The summed E-state index contributed by atoms with van der Waals surface area (Å²) in [4.78, 5) is 31.4. The molecule has 3 N–H and O–H groups in total. The normalized spacial score (nSPS) is 22.4. The fraction of sp³-hybridized carbons (Fsp3) is 0.464. The molecule has 0 unspecified atom stereocenters. The molecule has 3 aromatic rings. The number of sulfonamides is 1. The zero-order chi connectivity index (χ0) is 27.0. The largest absolute Gasteiger partial charge is 0.352 e. The fourth-order valence-corrected chi connectivity index (χ4v) is 7.55. The fourth-order valence-electron chi connectivity index (χ4n) is 6.09. The van der Waals surface area contributed by atoms with Gasteiger partial charge in [0.15, 0.2) is 5.16 Å². The lowest BCUT2D eigenvalue weighted by Crippen LogP contribution is -2.43. The lowest BCUT2D eigenvalue weighted by Gasteiger charge is -2.29. The van der Waals surface area contributed by atoms with E-state index in [0.717, 1.165) is 17.4 Å². The number of para-hydroxylation sites is 1. The molecule has 0 saturated heterocycles. The van der Waals surface area contributed by atoms with Crippen molar-refractivity contribution in [1.82, 2.24) is 14.9 Å². The van der Waals surface area contributed by atoms with Crippen molar-refractivity contribution in [2.45, 2.75) is 73.8 Å². The number of rotatable bonds is 9. The zero-order valence-corrected chi connectivity index (χ0v) is 23.3. The Morgan fingerprint density at radius 1 is 1.13 bits per heavy atom. The number of thioether (sulfide) groups is 1. The molecule has 1 amide bonds. The molecule has 5 rings (SSSR count). The molecule has 2 aromatic carbocycles. The summed E-state index contributed by atoms with van der Waals surface area (Å²) in [6, 6.07) is 13.7. The Bertz CT molecular complexity index is 1500. The number of carbonyl (C=O) groups excluding carboxylic acids is 1. The van der Waals surface area contributed by atoms with Gasteiger partial charge in [-0.15, -0.1) is 0 Å². The van der Waals surface area contributed by atoms with Crippen LogP contribution in [0, 0.1) is 17.8 Å². The van der Waals surface area contributed by atoms with Crippen LogP contribution >= 0.6 is 11.8 Å². The standard InChI is InChI=1S/C28H34N4O4S2/c1-17(24-16-20-7-10-21(24)15-20)30-26(33)18(2)37-28-31-25-6-4-3-5-23(25)27(34)32(28)14-13-19-8-11-22(12-9-19)38(29,35)36/h3-6,8-9,11-12,17-18,20-21,24H,7,10,13-16H2,1-2H3,(H,30,33)(H2,29,35,36)/t17-,18+,20+,21+,24-/m1/s1. The first kappa shape index (κ1) is 26.9. The van der Waals surface area contributed by atoms with E-state index in [-0.39, 0.29) is 22.4 Å². The van der Waals surface area contributed by atoms with E-state index < -0.39 is 15.3 Å². The molecule has 202 valence electrons. The van der Waals surface area contributed by atoms with Crippen molar-refractivity contribution in [3.8, 4) is 0 Å². The molecule has 2 bridgehead atoms. The average molecular weight is 555 g/mol. The number of nitrogens with two attached hydrogens (primary N) is 1. The molecule has 2 aliphatic rings. The van der Waals surface area contributed by atoms with Gasteiger partial charge in [0.1, 0.15) is 0 Å². The molecule has 0 spiro atoms. The van der Waals surface area contributed by atoms with E-state index in [2.05, 4.69) is 12.2 Å². The summed E-state index contributed by atoms with van der Waals surface area (Å²) in [7, 11) is -3.77. The first-order valence-corrected chi connectivity index (χ1v) is 15.6. The summed E-state index contributed by atoms with van der Waals surface area (Å²) >= 11 is 1.29. The van der Waals surface area contributed by atoms with Gasteiger partial charge in [0.25, 0.3) is 5.56 Å². The number of nitrogens with zero attached hydrogens (tertiary/aromatic N) is 2. The van der Waals surface area contributed by atoms with Gasteiger partial charge in [-0.05, 0) is 87.1 Å². The number of fused-ring (bicyclic) bond motifs is 3. The van der Waals surface area contributed by atoms with Crippen LogP contribution in [0.1, 0.15) is 45.1 Å². The summed E-state index contributed by atoms with van der Waals surface area (Å²) in [6.07, 6.45) is 5.60. The molecular formula is C28H34N4O4S2. The van der Waals surface area contributed by atoms with E-state index in [4.69, 9.17) is 10.1 Å². The lowest BCUT2D eigenvalue weighted by atomic mass is 9.84. The molecule has 8 nitrogen and oxygen atoms in total. The Hall–Kier alpha value is -2.69. The molecule has 10 heteroatoms. The third kappa shape index (κ3) is 5.67. The van der Waals surface area contributed by atoms with Gasteiger partial charge in [0.2, 0.25) is 15.9 Å². The van der Waals surface area contributed by atoms with E-state index in [1.54, 1.807) is 28.8 Å². The number of amides is 1. The molecule has 2 fully saturated rings. The monoisotopic (exact) mass is 554 g/mol. The van der Waals surface area contributed by atoms with Crippen molar-refractivity contribution in [3.05, 3.63) is 64.4 Å². The minimum absolute atomic E-state index is 0.0431. The third-order valence-corrected chi connectivity index (χ3v) is 10.2. The van der Waals surface area contributed by atoms with E-state index in [9.17, 15) is 18.0 Å². The lowest BCUT2D eigenvalue weighted by molar-refractivity contribution is -0.121. The van der Waals surface area contributed by atoms with Crippen LogP contribution in [0.3, 0.4) is 0 Å². The highest BCUT2D eigenvalue weighted by atomic mass is 32.2. The first-order valence-electron chi connectivity index (χ1n) is 13.2. The average Bonchev–Trinajstić information content (AvgIpc) is 3.52. The van der Waals surface area contributed by atoms with Gasteiger partial charge in [-0.3, -0.25) is 14.2 Å². The van der Waals surface area contributed by atoms with Crippen molar-refractivity contribution in [1.29, 1.82) is 0 Å². The van der Waals surface area contributed by atoms with Gasteiger partial charge < -0.3 is 5.32 Å². The van der Waals surface area contributed by atoms with Crippen LogP contribution in [-0.2, 0) is 27.8 Å². The van der Waals surface area contributed by atoms with Crippen molar-refractivity contribution in [3.63, 3.8) is 0 Å². The second kappa shape index (κ2) is 10.8. The van der Waals surface area contributed by atoms with Crippen LogP contribution in [-0.4, -0.2) is 35.2 Å². The number of aryl methyl sites for hydroxylation is 1. The molecule has 5 atom stereocenters. The maximum absolute atomic E-state index is 13.4. The second-order valence-corrected chi connectivity index (χ2v) is 13.6. The van der Waals surface area contributed by atoms with Crippen molar-refractivity contribution in [2.24, 2.45) is 22.9 Å². The molecule has 2 saturated carbocycles. The van der Waals surface area contributed by atoms with Crippen molar-refractivity contribution in [2.75, 3.05) is 0 Å². The van der Waals surface area contributed by atoms with Gasteiger partial charge in [0, 0.05) is 12.6 Å². The van der Waals surface area contributed by atoms with Crippen molar-refractivity contribution < 1.29 is 13.2 Å². The highest BCUT2D eigenvalue weighted by molar-refractivity contribution is 8.00. The summed E-state index contributed by atoms with van der Waals surface area (Å²) in [5, 5.41) is 9.02. The van der Waals surface area contributed by atoms with E-state index in [1.165, 1.54) is 49.6 Å². The van der Waals surface area contributed by atoms with E-state index in [0.29, 0.717) is 34.9 Å². The van der Waals surface area contributed by atoms with Gasteiger partial charge in [-0.2, -0.15) is 0 Å². The second-order valence-electron chi connectivity index (χ2n) is 10.7. The molecule has 1 heterocycles. The number of carbonyl (C=O) groups is 1. The first-order chi connectivity index (χ1) is 18.1. The number of hydrogen-bond acceptors (Lipinski definition) is 6. The number of primary sulfonamides is 1. The number of benzene rings is 2. The van der Waals surface area contributed by atoms with E-state index in [1.807, 2.05) is 19.1 Å². The molecule has 0 aliphatic heterocycles. The summed E-state index contributed by atoms with van der Waals surface area (Å²) in [5.41, 5.74) is 1.29. The number of hydrogen-bond donors (Lipinski definition) is 2. The van der Waals surface area contributed by atoms with Gasteiger partial charge in [-0.1, -0.05) is 42.4 Å². The van der Waals surface area contributed by atoms with Crippen LogP contribution < -0.4 is 16.0 Å². The summed E-state index contributed by atoms with van der Waals surface area (Å²) < 4.78 is 24.7. The number of aromatic nitrogens is 2. The van der Waals surface area contributed by atoms with Crippen molar-refractivity contribution >= 4 is 38.6 Å². The van der Waals surface area contributed by atoms with Crippen LogP contribution in [0.4, 0.5) is 0 Å². The predicted octanol–water partition coefficient (Wildman–Crippen LogP) is 3.71. The van der Waals surface area contributed by atoms with Crippen LogP contribution in [0.25, 0.3) is 10.9 Å². The maximum atomic E-state index is 13.4. The predicted molar refractivity (Wildman–Crippen MR) is 149 cm³/mol. The SMILES string of the molecule is C[C@H](Sc1nc2ccccc2c(=O)n1CCc1ccc(S(N)(=O)=O)cc1)C(=O)N[C@H](C)[C@H]1C[C@H]2CC[C@H]1C2. The molecule has 38 heavy (non-hydrogen) atoms.